The Morgan fingerprint density at radius 2 is 2.19 bits per heavy atom. The summed E-state index contributed by atoms with van der Waals surface area (Å²) in [6.07, 6.45) is -3.71. The number of likely N-dealkylation sites (N-methyl/N-ethyl adjacent to an activating group) is 1. The fourth-order valence-electron chi connectivity index (χ4n) is 1.27. The van der Waals surface area contributed by atoms with Crippen LogP contribution >= 0.6 is 0 Å². The third-order valence-corrected chi connectivity index (χ3v) is 2.04. The van der Waals surface area contributed by atoms with Gasteiger partial charge in [0, 0.05) is 25.5 Å². The molecule has 3 nitrogen and oxygen atoms in total. The summed E-state index contributed by atoms with van der Waals surface area (Å²) < 4.78 is 36.2. The number of hydrogen-bond donors (Lipinski definition) is 1. The molecule has 90 valence electrons. The van der Waals surface area contributed by atoms with Crippen LogP contribution in [0.1, 0.15) is 5.56 Å². The van der Waals surface area contributed by atoms with Crippen LogP contribution in [0.3, 0.4) is 0 Å². The molecule has 0 amide bonds. The van der Waals surface area contributed by atoms with Crippen LogP contribution < -0.4 is 0 Å². The van der Waals surface area contributed by atoms with E-state index in [2.05, 4.69) is 4.98 Å². The summed E-state index contributed by atoms with van der Waals surface area (Å²) in [5.74, 6) is 0. The molecule has 1 atom stereocenters. The van der Waals surface area contributed by atoms with Gasteiger partial charge in [0.15, 0.2) is 6.10 Å². The molecular weight excluding hydrogens is 221 g/mol. The van der Waals surface area contributed by atoms with E-state index in [-0.39, 0.29) is 0 Å². The monoisotopic (exact) mass is 234 g/mol. The maximum absolute atomic E-state index is 12.1. The molecule has 0 aliphatic rings. The van der Waals surface area contributed by atoms with Crippen LogP contribution in [0.2, 0.25) is 0 Å². The Balaban J connectivity index is 2.45. The van der Waals surface area contributed by atoms with Crippen molar-refractivity contribution >= 4 is 0 Å². The van der Waals surface area contributed by atoms with Crippen molar-refractivity contribution in [3.63, 3.8) is 0 Å². The zero-order valence-corrected chi connectivity index (χ0v) is 8.78. The largest absolute Gasteiger partial charge is 0.415 e. The van der Waals surface area contributed by atoms with E-state index in [1.165, 1.54) is 11.9 Å². The molecule has 1 aromatic rings. The van der Waals surface area contributed by atoms with E-state index < -0.39 is 18.8 Å². The molecule has 16 heavy (non-hydrogen) atoms. The first kappa shape index (κ1) is 12.9. The summed E-state index contributed by atoms with van der Waals surface area (Å²) in [5, 5.41) is 8.85. The van der Waals surface area contributed by atoms with E-state index in [1.807, 2.05) is 0 Å². The number of aromatic nitrogens is 1. The molecule has 0 aromatic carbocycles. The number of hydrogen-bond acceptors (Lipinski definition) is 3. The van der Waals surface area contributed by atoms with Gasteiger partial charge in [0.1, 0.15) is 0 Å². The highest BCUT2D eigenvalue weighted by molar-refractivity contribution is 5.07. The Morgan fingerprint density at radius 3 is 2.69 bits per heavy atom. The minimum Gasteiger partial charge on any atom is -0.382 e. The number of alkyl halides is 3. The van der Waals surface area contributed by atoms with E-state index >= 15 is 0 Å². The van der Waals surface area contributed by atoms with Crippen LogP contribution in [-0.4, -0.2) is 40.9 Å². The van der Waals surface area contributed by atoms with Crippen LogP contribution in [0, 0.1) is 0 Å². The van der Waals surface area contributed by atoms with E-state index in [1.54, 1.807) is 24.5 Å². The van der Waals surface area contributed by atoms with Crippen LogP contribution in [-0.2, 0) is 6.54 Å². The summed E-state index contributed by atoms with van der Waals surface area (Å²) in [6.45, 7) is -0.126. The van der Waals surface area contributed by atoms with E-state index in [0.717, 1.165) is 5.56 Å². The molecule has 0 bridgehead atoms. The molecular formula is C10H13F3N2O. The second kappa shape index (κ2) is 5.27. The normalized spacial score (nSPS) is 14.1. The fourth-order valence-corrected chi connectivity index (χ4v) is 1.27. The minimum atomic E-state index is -4.57. The van der Waals surface area contributed by atoms with Crippen molar-refractivity contribution in [1.82, 2.24) is 9.88 Å². The van der Waals surface area contributed by atoms with Crippen molar-refractivity contribution in [1.29, 1.82) is 0 Å². The molecule has 1 rings (SSSR count). The lowest BCUT2D eigenvalue weighted by atomic mass is 10.2. The summed E-state index contributed by atoms with van der Waals surface area (Å²) in [6, 6.07) is 3.48. The van der Waals surface area contributed by atoms with Gasteiger partial charge in [0.2, 0.25) is 0 Å². The average molecular weight is 234 g/mol. The third kappa shape index (κ3) is 4.16. The molecule has 0 aliphatic carbocycles. The van der Waals surface area contributed by atoms with Crippen molar-refractivity contribution < 1.29 is 18.3 Å². The summed E-state index contributed by atoms with van der Waals surface area (Å²) in [4.78, 5) is 5.25. The molecule has 0 fully saturated rings. The minimum absolute atomic E-state index is 0.320. The van der Waals surface area contributed by atoms with Crippen molar-refractivity contribution in [2.75, 3.05) is 13.6 Å². The van der Waals surface area contributed by atoms with Gasteiger partial charge in [-0.25, -0.2) is 0 Å². The Morgan fingerprint density at radius 1 is 1.50 bits per heavy atom. The molecule has 0 spiro atoms. The van der Waals surface area contributed by atoms with Crippen molar-refractivity contribution in [3.8, 4) is 0 Å². The van der Waals surface area contributed by atoms with Gasteiger partial charge in [-0.3, -0.25) is 9.88 Å². The molecule has 6 heteroatoms. The molecule has 0 saturated carbocycles. The van der Waals surface area contributed by atoms with Gasteiger partial charge in [0.05, 0.1) is 0 Å². The zero-order valence-electron chi connectivity index (χ0n) is 8.78. The van der Waals surface area contributed by atoms with Gasteiger partial charge in [0.25, 0.3) is 0 Å². The third-order valence-electron chi connectivity index (χ3n) is 2.04. The van der Waals surface area contributed by atoms with E-state index in [0.29, 0.717) is 6.54 Å². The first-order valence-corrected chi connectivity index (χ1v) is 4.72. The number of halogens is 3. The highest BCUT2D eigenvalue weighted by Crippen LogP contribution is 2.20. The molecule has 1 aromatic heterocycles. The van der Waals surface area contributed by atoms with Crippen LogP contribution in [0.5, 0.6) is 0 Å². The Bertz CT molecular complexity index is 316. The van der Waals surface area contributed by atoms with Crippen molar-refractivity contribution in [2.24, 2.45) is 0 Å². The van der Waals surface area contributed by atoms with Gasteiger partial charge in [-0.15, -0.1) is 0 Å². The predicted octanol–water partition coefficient (Wildman–Crippen LogP) is 1.44. The molecule has 1 heterocycles. The fraction of sp³-hybridized carbons (Fsp3) is 0.500. The van der Waals surface area contributed by atoms with E-state index in [9.17, 15) is 13.2 Å². The first-order valence-electron chi connectivity index (χ1n) is 4.72. The van der Waals surface area contributed by atoms with Gasteiger partial charge in [-0.05, 0) is 18.7 Å². The SMILES string of the molecule is CN(Cc1cccnc1)CC(O)C(F)(F)F. The van der Waals surface area contributed by atoms with Crippen molar-refractivity contribution in [2.45, 2.75) is 18.8 Å². The standard InChI is InChI=1S/C10H13F3N2O/c1-15(7-9(16)10(11,12)13)6-8-3-2-4-14-5-8/h2-5,9,16H,6-7H2,1H3. The Kier molecular flexibility index (Phi) is 4.26. The molecule has 1 unspecified atom stereocenters. The summed E-state index contributed by atoms with van der Waals surface area (Å²) in [7, 11) is 1.52. The topological polar surface area (TPSA) is 36.4 Å². The van der Waals surface area contributed by atoms with Crippen LogP contribution in [0.25, 0.3) is 0 Å². The second-order valence-electron chi connectivity index (χ2n) is 3.62. The number of aliphatic hydroxyl groups excluding tert-OH is 1. The maximum atomic E-state index is 12.1. The lowest BCUT2D eigenvalue weighted by molar-refractivity contribution is -0.207. The lowest BCUT2D eigenvalue weighted by Crippen LogP contribution is -2.39. The molecule has 0 radical (unpaired) electrons. The zero-order chi connectivity index (χ0) is 12.2. The molecule has 1 N–H and O–H groups in total. The number of nitrogens with zero attached hydrogens (tertiary/aromatic N) is 2. The van der Waals surface area contributed by atoms with Gasteiger partial charge in [-0.2, -0.15) is 13.2 Å². The first-order chi connectivity index (χ1) is 7.39. The van der Waals surface area contributed by atoms with Gasteiger partial charge in [-0.1, -0.05) is 6.07 Å². The highest BCUT2D eigenvalue weighted by atomic mass is 19.4. The maximum Gasteiger partial charge on any atom is 0.415 e. The average Bonchev–Trinajstić information content (AvgIpc) is 2.17. The number of rotatable bonds is 4. The van der Waals surface area contributed by atoms with Gasteiger partial charge < -0.3 is 5.11 Å². The van der Waals surface area contributed by atoms with Gasteiger partial charge >= 0.3 is 6.18 Å². The van der Waals surface area contributed by atoms with Crippen molar-refractivity contribution in [3.05, 3.63) is 30.1 Å². The predicted molar refractivity (Wildman–Crippen MR) is 52.6 cm³/mol. The highest BCUT2D eigenvalue weighted by Gasteiger charge is 2.38. The Hall–Kier alpha value is -1.14. The van der Waals surface area contributed by atoms with Crippen LogP contribution in [0.4, 0.5) is 13.2 Å². The number of pyridine rings is 1. The lowest BCUT2D eigenvalue weighted by Gasteiger charge is -2.22. The smallest absolute Gasteiger partial charge is 0.382 e. The molecule has 0 aliphatic heterocycles. The Labute approximate surface area is 91.5 Å². The second-order valence-corrected chi connectivity index (χ2v) is 3.62. The summed E-state index contributed by atoms with van der Waals surface area (Å²) in [5.41, 5.74) is 0.805. The van der Waals surface area contributed by atoms with Crippen LogP contribution in [0.15, 0.2) is 24.5 Å². The van der Waals surface area contributed by atoms with E-state index in [4.69, 9.17) is 5.11 Å². The molecule has 0 saturated heterocycles. The quantitative estimate of drug-likeness (QED) is 0.856. The number of aliphatic hydroxyl groups is 1. The summed E-state index contributed by atoms with van der Waals surface area (Å²) >= 11 is 0.